The molecule has 0 amide bonds. The second kappa shape index (κ2) is 4.89. The zero-order chi connectivity index (χ0) is 12.5. The van der Waals surface area contributed by atoms with Crippen LogP contribution in [0, 0.1) is 11.3 Å². The van der Waals surface area contributed by atoms with E-state index in [1.165, 1.54) is 38.6 Å². The maximum absolute atomic E-state index is 3.98. The zero-order valence-electron chi connectivity index (χ0n) is 12.1. The Morgan fingerprint density at radius 2 is 1.76 bits per heavy atom. The van der Waals surface area contributed by atoms with Gasteiger partial charge in [0.1, 0.15) is 0 Å². The molecule has 2 N–H and O–H groups in total. The molecule has 2 heteroatoms. The van der Waals surface area contributed by atoms with E-state index in [0.717, 1.165) is 12.5 Å². The summed E-state index contributed by atoms with van der Waals surface area (Å²) in [4.78, 5) is 0. The summed E-state index contributed by atoms with van der Waals surface area (Å²) in [5.41, 5.74) is 0.977. The molecule has 1 atom stereocenters. The van der Waals surface area contributed by atoms with Crippen molar-refractivity contribution in [3.8, 4) is 0 Å². The smallest absolute Gasteiger partial charge is 0.0309 e. The van der Waals surface area contributed by atoms with Crippen molar-refractivity contribution in [1.29, 1.82) is 0 Å². The summed E-state index contributed by atoms with van der Waals surface area (Å²) in [5, 5.41) is 7.64. The average molecular weight is 238 g/mol. The van der Waals surface area contributed by atoms with Gasteiger partial charge in [-0.15, -0.1) is 0 Å². The first kappa shape index (κ1) is 13.4. The fourth-order valence-corrected chi connectivity index (χ4v) is 3.46. The second-order valence-electron chi connectivity index (χ2n) is 7.55. The summed E-state index contributed by atoms with van der Waals surface area (Å²) in [6, 6.07) is 0.685. The van der Waals surface area contributed by atoms with Gasteiger partial charge in [-0.25, -0.2) is 0 Å². The topological polar surface area (TPSA) is 24.1 Å². The summed E-state index contributed by atoms with van der Waals surface area (Å²) in [6.07, 6.45) is 6.74. The van der Waals surface area contributed by atoms with Gasteiger partial charge >= 0.3 is 0 Å². The van der Waals surface area contributed by atoms with Crippen molar-refractivity contribution in [2.75, 3.05) is 13.1 Å². The van der Waals surface area contributed by atoms with E-state index in [1.54, 1.807) is 0 Å². The highest BCUT2D eigenvalue weighted by molar-refractivity contribution is 5.01. The lowest BCUT2D eigenvalue weighted by Gasteiger charge is -2.49. The molecule has 0 aromatic rings. The van der Waals surface area contributed by atoms with E-state index in [-0.39, 0.29) is 0 Å². The average Bonchev–Trinajstić information content (AvgIpc) is 2.23. The zero-order valence-corrected chi connectivity index (χ0v) is 12.1. The summed E-state index contributed by atoms with van der Waals surface area (Å²) in [6.45, 7) is 11.8. The molecule has 0 bridgehead atoms. The van der Waals surface area contributed by atoms with Crippen molar-refractivity contribution < 1.29 is 0 Å². The Kier molecular flexibility index (Phi) is 3.84. The van der Waals surface area contributed by atoms with Crippen LogP contribution in [0.15, 0.2) is 0 Å². The molecule has 100 valence electrons. The molecular weight excluding hydrogens is 208 g/mol. The minimum Gasteiger partial charge on any atom is -0.313 e. The van der Waals surface area contributed by atoms with Crippen LogP contribution in [0.1, 0.15) is 59.8 Å². The van der Waals surface area contributed by atoms with Gasteiger partial charge in [-0.1, -0.05) is 27.7 Å². The van der Waals surface area contributed by atoms with E-state index in [0.29, 0.717) is 17.0 Å². The van der Waals surface area contributed by atoms with Gasteiger partial charge in [-0.3, -0.25) is 0 Å². The monoisotopic (exact) mass is 238 g/mol. The third-order valence-corrected chi connectivity index (χ3v) is 4.68. The predicted molar refractivity (Wildman–Crippen MR) is 74.2 cm³/mol. The summed E-state index contributed by atoms with van der Waals surface area (Å²) < 4.78 is 0. The molecule has 2 nitrogen and oxygen atoms in total. The Bertz CT molecular complexity index is 248. The Hall–Kier alpha value is -0.0800. The van der Waals surface area contributed by atoms with Crippen LogP contribution in [-0.4, -0.2) is 24.7 Å². The molecule has 1 heterocycles. The molecule has 1 unspecified atom stereocenters. The van der Waals surface area contributed by atoms with E-state index in [9.17, 15) is 0 Å². The van der Waals surface area contributed by atoms with Crippen molar-refractivity contribution >= 4 is 0 Å². The fourth-order valence-electron chi connectivity index (χ4n) is 3.46. The molecule has 1 aliphatic heterocycles. The standard InChI is InChI=1S/C15H30N2/c1-12(2)9-13-10-16-11-15(17-13)7-5-14(3,4)6-8-15/h12-13,16-17H,5-11H2,1-4H3. The van der Waals surface area contributed by atoms with Crippen molar-refractivity contribution in [2.24, 2.45) is 11.3 Å². The largest absolute Gasteiger partial charge is 0.313 e. The minimum atomic E-state index is 0.410. The van der Waals surface area contributed by atoms with E-state index in [4.69, 9.17) is 0 Å². The lowest BCUT2D eigenvalue weighted by atomic mass is 9.68. The molecule has 1 spiro atoms. The number of rotatable bonds is 2. The molecular formula is C15H30N2. The van der Waals surface area contributed by atoms with Gasteiger partial charge in [0, 0.05) is 24.7 Å². The van der Waals surface area contributed by atoms with Gasteiger partial charge in [0.15, 0.2) is 0 Å². The van der Waals surface area contributed by atoms with Crippen molar-refractivity contribution in [2.45, 2.75) is 71.4 Å². The van der Waals surface area contributed by atoms with E-state index < -0.39 is 0 Å². The van der Waals surface area contributed by atoms with Crippen LogP contribution < -0.4 is 10.6 Å². The van der Waals surface area contributed by atoms with Gasteiger partial charge < -0.3 is 10.6 Å². The van der Waals surface area contributed by atoms with Crippen LogP contribution in [0.4, 0.5) is 0 Å². The van der Waals surface area contributed by atoms with Crippen LogP contribution in [0.5, 0.6) is 0 Å². The fraction of sp³-hybridized carbons (Fsp3) is 1.00. The molecule has 0 aromatic carbocycles. The first-order valence-corrected chi connectivity index (χ1v) is 7.39. The number of hydrogen-bond acceptors (Lipinski definition) is 2. The van der Waals surface area contributed by atoms with Gasteiger partial charge in [0.2, 0.25) is 0 Å². The quantitative estimate of drug-likeness (QED) is 0.773. The minimum absolute atomic E-state index is 0.410. The molecule has 1 aliphatic carbocycles. The van der Waals surface area contributed by atoms with E-state index in [1.807, 2.05) is 0 Å². The normalized spacial score (nSPS) is 31.9. The molecule has 2 rings (SSSR count). The highest BCUT2D eigenvalue weighted by Gasteiger charge is 2.41. The van der Waals surface area contributed by atoms with Gasteiger partial charge in [-0.05, 0) is 43.4 Å². The Morgan fingerprint density at radius 1 is 1.12 bits per heavy atom. The third-order valence-electron chi connectivity index (χ3n) is 4.68. The third kappa shape index (κ3) is 3.45. The van der Waals surface area contributed by atoms with Crippen molar-refractivity contribution in [1.82, 2.24) is 10.6 Å². The Balaban J connectivity index is 1.92. The molecule has 2 aliphatic rings. The highest BCUT2D eigenvalue weighted by atomic mass is 15.1. The van der Waals surface area contributed by atoms with Crippen LogP contribution in [-0.2, 0) is 0 Å². The van der Waals surface area contributed by atoms with Crippen LogP contribution in [0.3, 0.4) is 0 Å². The van der Waals surface area contributed by atoms with Gasteiger partial charge in [0.25, 0.3) is 0 Å². The lowest BCUT2D eigenvalue weighted by Crippen LogP contribution is -2.65. The van der Waals surface area contributed by atoms with Crippen molar-refractivity contribution in [3.05, 3.63) is 0 Å². The molecule has 2 fully saturated rings. The molecule has 17 heavy (non-hydrogen) atoms. The number of piperazine rings is 1. The summed E-state index contributed by atoms with van der Waals surface area (Å²) in [7, 11) is 0. The Labute approximate surface area is 107 Å². The van der Waals surface area contributed by atoms with E-state index >= 15 is 0 Å². The maximum atomic E-state index is 3.98. The molecule has 1 saturated heterocycles. The number of nitrogens with one attached hydrogen (secondary N) is 2. The summed E-state index contributed by atoms with van der Waals surface area (Å²) in [5.74, 6) is 0.796. The van der Waals surface area contributed by atoms with Crippen LogP contribution in [0.25, 0.3) is 0 Å². The van der Waals surface area contributed by atoms with Crippen molar-refractivity contribution in [3.63, 3.8) is 0 Å². The summed E-state index contributed by atoms with van der Waals surface area (Å²) >= 11 is 0. The van der Waals surface area contributed by atoms with Crippen LogP contribution in [0.2, 0.25) is 0 Å². The van der Waals surface area contributed by atoms with Gasteiger partial charge in [-0.2, -0.15) is 0 Å². The molecule has 0 aromatic heterocycles. The predicted octanol–water partition coefficient (Wildman–Crippen LogP) is 2.93. The molecule has 0 radical (unpaired) electrons. The maximum Gasteiger partial charge on any atom is 0.0309 e. The highest BCUT2D eigenvalue weighted by Crippen LogP contribution is 2.40. The first-order valence-electron chi connectivity index (χ1n) is 7.39. The lowest BCUT2D eigenvalue weighted by molar-refractivity contribution is 0.0981. The first-order chi connectivity index (χ1) is 7.91. The number of hydrogen-bond donors (Lipinski definition) is 2. The SMILES string of the molecule is CC(C)CC1CNCC2(CCC(C)(C)CC2)N1. The second-order valence-corrected chi connectivity index (χ2v) is 7.55. The van der Waals surface area contributed by atoms with E-state index in [2.05, 4.69) is 38.3 Å². The van der Waals surface area contributed by atoms with Crippen LogP contribution >= 0.6 is 0 Å². The van der Waals surface area contributed by atoms with Gasteiger partial charge in [0.05, 0.1) is 0 Å². The Morgan fingerprint density at radius 3 is 2.35 bits per heavy atom. The molecule has 1 saturated carbocycles.